The Morgan fingerprint density at radius 1 is 0.793 bits per heavy atom. The van der Waals surface area contributed by atoms with Gasteiger partial charge in [-0.2, -0.15) is 39.5 Å². The number of hydrogen-bond donors (Lipinski definition) is 1. The van der Waals surface area contributed by atoms with Gasteiger partial charge in [-0.3, -0.25) is 0 Å². The first kappa shape index (κ1) is 26.2. The average Bonchev–Trinajstić information content (AvgIpc) is 2.53. The van der Waals surface area contributed by atoms with E-state index in [1.807, 2.05) is 0 Å². The van der Waals surface area contributed by atoms with Crippen molar-refractivity contribution in [2.75, 3.05) is 12.3 Å². The van der Waals surface area contributed by atoms with E-state index >= 15 is 0 Å². The maximum absolute atomic E-state index is 13.5. The van der Waals surface area contributed by atoms with Gasteiger partial charge in [0.15, 0.2) is 10.0 Å². The molecule has 0 amide bonds. The summed E-state index contributed by atoms with van der Waals surface area (Å²) in [4.78, 5) is 0. The van der Waals surface area contributed by atoms with Gasteiger partial charge in [0.25, 0.3) is 0 Å². The van der Waals surface area contributed by atoms with Crippen molar-refractivity contribution in [2.45, 2.75) is 61.4 Å². The Morgan fingerprint density at radius 2 is 1.28 bits per heavy atom. The molecule has 6 nitrogen and oxygen atoms in total. The molecule has 17 heteroatoms. The van der Waals surface area contributed by atoms with Crippen molar-refractivity contribution < 1.29 is 56.3 Å². The summed E-state index contributed by atoms with van der Waals surface area (Å²) in [5.41, 5.74) is 0. The van der Waals surface area contributed by atoms with Crippen molar-refractivity contribution in [3.05, 3.63) is 4.13 Å². The first-order valence-electron chi connectivity index (χ1n) is 7.93. The number of halogens is 9. The summed E-state index contributed by atoms with van der Waals surface area (Å²) in [5, 5.41) is -4.53. The van der Waals surface area contributed by atoms with Gasteiger partial charge in [0.1, 0.15) is 0 Å². The lowest BCUT2D eigenvalue weighted by Crippen LogP contribution is -2.63. The molecule has 1 fully saturated rings. The molecule has 1 rings (SSSR count). The number of hydrogen-bond acceptors (Lipinski definition) is 5. The lowest BCUT2D eigenvalue weighted by atomic mass is 9.96. The van der Waals surface area contributed by atoms with Gasteiger partial charge >= 0.3 is 23.3 Å². The van der Waals surface area contributed by atoms with Crippen molar-refractivity contribution in [3.63, 3.8) is 0 Å². The van der Waals surface area contributed by atoms with Crippen LogP contribution >= 0.6 is 0 Å². The zero-order chi connectivity index (χ0) is 22.9. The summed E-state index contributed by atoms with van der Waals surface area (Å²) in [6, 6.07) is -0.174. The van der Waals surface area contributed by atoms with Crippen molar-refractivity contribution in [3.8, 4) is 0 Å². The molecule has 1 aliphatic rings. The van der Waals surface area contributed by atoms with Gasteiger partial charge in [0, 0.05) is 18.3 Å². The minimum atomic E-state index is -7.53. The van der Waals surface area contributed by atoms with Crippen LogP contribution in [-0.4, -0.2) is 58.5 Å². The van der Waals surface area contributed by atoms with Crippen LogP contribution in [0.25, 0.3) is 4.13 Å². The summed E-state index contributed by atoms with van der Waals surface area (Å²) in [6.45, 7) is -0.535. The van der Waals surface area contributed by atoms with Crippen LogP contribution in [0.2, 0.25) is 0 Å². The van der Waals surface area contributed by atoms with Crippen LogP contribution in [-0.2, 0) is 20.0 Å². The smallest absolute Gasteiger partial charge is 0.431 e. The Balaban J connectivity index is 2.95. The molecule has 1 saturated carbocycles. The van der Waals surface area contributed by atoms with E-state index in [0.29, 0.717) is 12.8 Å². The van der Waals surface area contributed by atoms with Crippen LogP contribution < -0.4 is 5.32 Å². The topological polar surface area (TPSA) is 94.4 Å². The quantitative estimate of drug-likeness (QED) is 0.504. The van der Waals surface area contributed by atoms with Gasteiger partial charge < -0.3 is 9.44 Å². The van der Waals surface area contributed by atoms with Crippen LogP contribution in [0.3, 0.4) is 0 Å². The normalized spacial score (nSPS) is 18.8. The van der Waals surface area contributed by atoms with Crippen molar-refractivity contribution in [2.24, 2.45) is 0 Å². The summed E-state index contributed by atoms with van der Waals surface area (Å²) in [7, 11) is -12.8. The number of nitrogens with zero attached hydrogens (tertiary/aromatic N) is 1. The van der Waals surface area contributed by atoms with E-state index in [4.69, 9.17) is 0 Å². The maximum Gasteiger partial charge on any atom is 0.460 e. The highest BCUT2D eigenvalue weighted by Gasteiger charge is 2.84. The molecule has 0 radical (unpaired) electrons. The lowest BCUT2D eigenvalue weighted by molar-refractivity contribution is -0.382. The summed E-state index contributed by atoms with van der Waals surface area (Å²) in [5.74, 6) is -16.3. The molecule has 0 aliphatic heterocycles. The maximum atomic E-state index is 13.5. The Hall–Kier alpha value is -0.810. The third kappa shape index (κ3) is 5.46. The average molecular weight is 487 g/mol. The second-order valence-corrected chi connectivity index (χ2v) is 9.92. The van der Waals surface area contributed by atoms with Crippen LogP contribution in [0.1, 0.15) is 32.1 Å². The van der Waals surface area contributed by atoms with Crippen molar-refractivity contribution >= 4 is 20.0 Å². The van der Waals surface area contributed by atoms with Gasteiger partial charge in [-0.1, -0.05) is 19.3 Å². The Kier molecular flexibility index (Phi) is 7.57. The van der Waals surface area contributed by atoms with E-state index < -0.39 is 55.6 Å². The Bertz CT molecular complexity index is 776. The molecule has 0 aromatic rings. The summed E-state index contributed by atoms with van der Waals surface area (Å²) >= 11 is 0. The SMILES string of the molecule is O=S(=O)(CCNC1CCCCC1)[N-]S(=O)(=O)C(F)(F)C(F)(F)C(F)(F)C(F)(F)F. The molecule has 0 atom stereocenters. The van der Waals surface area contributed by atoms with E-state index in [1.54, 1.807) is 0 Å². The molecule has 1 aliphatic carbocycles. The molecule has 0 saturated heterocycles. The molecular weight excluding hydrogens is 471 g/mol. The van der Waals surface area contributed by atoms with Crippen molar-refractivity contribution in [1.82, 2.24) is 5.32 Å². The third-order valence-corrected chi connectivity index (χ3v) is 7.37. The molecule has 1 N–H and O–H groups in total. The minimum absolute atomic E-state index is 0.174. The number of alkyl halides is 9. The molecule has 29 heavy (non-hydrogen) atoms. The van der Waals surface area contributed by atoms with Crippen molar-refractivity contribution in [1.29, 1.82) is 0 Å². The Morgan fingerprint density at radius 3 is 1.72 bits per heavy atom. The van der Waals surface area contributed by atoms with Gasteiger partial charge in [-0.05, 0) is 12.8 Å². The highest BCUT2D eigenvalue weighted by Crippen LogP contribution is 2.55. The predicted octanol–water partition coefficient (Wildman–Crippen LogP) is 3.37. The highest BCUT2D eigenvalue weighted by molar-refractivity contribution is 8.12. The molecule has 0 bridgehead atoms. The number of rotatable bonds is 9. The van der Waals surface area contributed by atoms with Gasteiger partial charge in [0.05, 0.1) is 10.0 Å². The van der Waals surface area contributed by atoms with Crippen LogP contribution in [0.4, 0.5) is 39.5 Å². The fourth-order valence-electron chi connectivity index (χ4n) is 2.46. The summed E-state index contributed by atoms with van der Waals surface area (Å²) < 4.78 is 162. The lowest BCUT2D eigenvalue weighted by Gasteiger charge is -2.36. The highest BCUT2D eigenvalue weighted by atomic mass is 32.3. The van der Waals surface area contributed by atoms with E-state index in [9.17, 15) is 56.3 Å². The second kappa shape index (κ2) is 8.37. The molecule has 174 valence electrons. The summed E-state index contributed by atoms with van der Waals surface area (Å²) in [6.07, 6.45) is -3.46. The number of sulfonamides is 2. The van der Waals surface area contributed by atoms with Crippen LogP contribution in [0, 0.1) is 0 Å². The van der Waals surface area contributed by atoms with Gasteiger partial charge in [0.2, 0.25) is 0 Å². The van der Waals surface area contributed by atoms with Crippen LogP contribution in [0.5, 0.6) is 0 Å². The monoisotopic (exact) mass is 487 g/mol. The second-order valence-electron chi connectivity index (χ2n) is 6.29. The molecule has 0 unspecified atom stereocenters. The molecule has 0 aromatic carbocycles. The largest absolute Gasteiger partial charge is 0.460 e. The molecule has 0 heterocycles. The third-order valence-electron chi connectivity index (χ3n) is 4.05. The standard InChI is InChI=1S/C12H16F9N2O4S2/c13-9(14,11(17,18)19)10(15,16)12(20,21)29(26,27)23-28(24,25)7-6-22-8-4-2-1-3-5-8/h8,22H,1-7H2/q-1. The molecule has 0 spiro atoms. The fraction of sp³-hybridized carbons (Fsp3) is 1.00. The number of nitrogens with one attached hydrogen (secondary N) is 1. The van der Waals surface area contributed by atoms with E-state index in [-0.39, 0.29) is 6.04 Å². The first-order valence-corrected chi connectivity index (χ1v) is 11.0. The molecule has 0 aromatic heterocycles. The molecular formula is C12H16F9N2O4S2-. The first-order chi connectivity index (χ1) is 12.8. The van der Waals surface area contributed by atoms with E-state index in [0.717, 1.165) is 19.3 Å². The predicted molar refractivity (Wildman–Crippen MR) is 81.8 cm³/mol. The van der Waals surface area contributed by atoms with E-state index in [1.165, 1.54) is 4.13 Å². The zero-order valence-electron chi connectivity index (χ0n) is 14.3. The Labute approximate surface area is 160 Å². The van der Waals surface area contributed by atoms with Gasteiger partial charge in [-0.15, -0.1) is 0 Å². The van der Waals surface area contributed by atoms with Crippen LogP contribution in [0.15, 0.2) is 0 Å². The minimum Gasteiger partial charge on any atom is -0.431 e. The fourth-order valence-corrected chi connectivity index (χ4v) is 5.15. The zero-order valence-corrected chi connectivity index (χ0v) is 16.0. The van der Waals surface area contributed by atoms with E-state index in [2.05, 4.69) is 5.32 Å². The van der Waals surface area contributed by atoms with Gasteiger partial charge in [-0.25, -0.2) is 16.8 Å².